The van der Waals surface area contributed by atoms with Gasteiger partial charge in [0.25, 0.3) is 0 Å². The highest BCUT2D eigenvalue weighted by atomic mass is 16.5. The number of carbonyl (C=O) groups is 1. The lowest BCUT2D eigenvalue weighted by atomic mass is 9.85. The van der Waals surface area contributed by atoms with E-state index in [1.54, 1.807) is 0 Å². The van der Waals surface area contributed by atoms with E-state index in [9.17, 15) is 4.79 Å². The van der Waals surface area contributed by atoms with Crippen molar-refractivity contribution in [3.8, 4) is 0 Å². The van der Waals surface area contributed by atoms with Crippen LogP contribution in [0, 0.1) is 5.92 Å². The fourth-order valence-electron chi connectivity index (χ4n) is 2.34. The van der Waals surface area contributed by atoms with Crippen LogP contribution in [-0.2, 0) is 14.9 Å². The Labute approximate surface area is 108 Å². The molecule has 1 aromatic carbocycles. The summed E-state index contributed by atoms with van der Waals surface area (Å²) >= 11 is 0. The van der Waals surface area contributed by atoms with E-state index in [1.807, 2.05) is 12.1 Å². The monoisotopic (exact) mass is 248 g/mol. The molecule has 18 heavy (non-hydrogen) atoms. The Morgan fingerprint density at radius 1 is 1.28 bits per heavy atom. The Morgan fingerprint density at radius 2 is 1.89 bits per heavy atom. The highest BCUT2D eigenvalue weighted by Crippen LogP contribution is 2.35. The summed E-state index contributed by atoms with van der Waals surface area (Å²) < 4.78 is 5.56. The third-order valence-corrected chi connectivity index (χ3v) is 3.51. The molecule has 1 aromatic rings. The van der Waals surface area contributed by atoms with Gasteiger partial charge in [-0.3, -0.25) is 4.79 Å². The Kier molecular flexibility index (Phi) is 3.44. The third kappa shape index (κ3) is 2.56. The first kappa shape index (κ1) is 13.1. The van der Waals surface area contributed by atoms with Crippen molar-refractivity contribution in [1.82, 2.24) is 0 Å². The third-order valence-electron chi connectivity index (χ3n) is 3.51. The van der Waals surface area contributed by atoms with Crippen molar-refractivity contribution >= 4 is 5.97 Å². The average molecular weight is 248 g/mol. The van der Waals surface area contributed by atoms with Gasteiger partial charge in [-0.2, -0.15) is 0 Å². The van der Waals surface area contributed by atoms with Gasteiger partial charge in [-0.1, -0.05) is 45.0 Å². The van der Waals surface area contributed by atoms with Crippen LogP contribution in [0.1, 0.15) is 44.4 Å². The molecule has 0 saturated carbocycles. The van der Waals surface area contributed by atoms with E-state index < -0.39 is 11.9 Å². The lowest BCUT2D eigenvalue weighted by Gasteiger charge is -2.21. The number of rotatable bonds is 2. The van der Waals surface area contributed by atoms with E-state index >= 15 is 0 Å². The fraction of sp³-hybridized carbons (Fsp3) is 0.533. The number of hydrogen-bond acceptors (Lipinski definition) is 2. The molecule has 0 aliphatic carbocycles. The van der Waals surface area contributed by atoms with Crippen LogP contribution in [0.2, 0.25) is 0 Å². The fourth-order valence-corrected chi connectivity index (χ4v) is 2.34. The Morgan fingerprint density at radius 3 is 2.39 bits per heavy atom. The number of benzene rings is 1. The van der Waals surface area contributed by atoms with Crippen molar-refractivity contribution in [2.24, 2.45) is 5.92 Å². The van der Waals surface area contributed by atoms with Gasteiger partial charge in [-0.05, 0) is 23.0 Å². The van der Waals surface area contributed by atoms with Gasteiger partial charge in [-0.15, -0.1) is 0 Å². The molecule has 0 spiro atoms. The minimum absolute atomic E-state index is 0.112. The first-order chi connectivity index (χ1) is 8.39. The molecule has 0 radical (unpaired) electrons. The van der Waals surface area contributed by atoms with Gasteiger partial charge in [0.15, 0.2) is 0 Å². The van der Waals surface area contributed by atoms with E-state index in [0.717, 1.165) is 5.56 Å². The zero-order chi connectivity index (χ0) is 13.3. The molecular formula is C15H20O3. The van der Waals surface area contributed by atoms with Crippen molar-refractivity contribution in [2.75, 3.05) is 6.61 Å². The summed E-state index contributed by atoms with van der Waals surface area (Å²) in [5.74, 6) is -1.18. The number of ether oxygens (including phenoxy) is 1. The first-order valence-electron chi connectivity index (χ1n) is 6.34. The summed E-state index contributed by atoms with van der Waals surface area (Å²) in [6, 6.07) is 8.12. The summed E-state index contributed by atoms with van der Waals surface area (Å²) in [6.45, 7) is 7.01. The summed E-state index contributed by atoms with van der Waals surface area (Å²) in [5.41, 5.74) is 2.32. The van der Waals surface area contributed by atoms with E-state index in [2.05, 4.69) is 32.9 Å². The highest BCUT2D eigenvalue weighted by Gasteiger charge is 2.35. The number of aliphatic carboxylic acids is 1. The molecule has 2 rings (SSSR count). The maximum atomic E-state index is 11.1. The van der Waals surface area contributed by atoms with Crippen molar-refractivity contribution in [3.63, 3.8) is 0 Å². The van der Waals surface area contributed by atoms with E-state index in [4.69, 9.17) is 9.84 Å². The molecule has 1 N–H and O–H groups in total. The minimum Gasteiger partial charge on any atom is -0.481 e. The van der Waals surface area contributed by atoms with Gasteiger partial charge < -0.3 is 9.84 Å². The number of hydrogen-bond donors (Lipinski definition) is 1. The van der Waals surface area contributed by atoms with Crippen molar-refractivity contribution in [2.45, 2.75) is 38.7 Å². The SMILES string of the molecule is CC(C)(C)c1ccc(C2OCCC2C(=O)O)cc1. The molecule has 0 bridgehead atoms. The smallest absolute Gasteiger partial charge is 0.309 e. The van der Waals surface area contributed by atoms with Crippen molar-refractivity contribution in [3.05, 3.63) is 35.4 Å². The number of carboxylic acid groups (broad SMARTS) is 1. The van der Waals surface area contributed by atoms with Gasteiger partial charge in [0, 0.05) is 6.61 Å². The zero-order valence-corrected chi connectivity index (χ0v) is 11.1. The normalized spacial score (nSPS) is 24.2. The van der Waals surface area contributed by atoms with Crippen LogP contribution in [0.3, 0.4) is 0 Å². The second kappa shape index (κ2) is 4.73. The van der Waals surface area contributed by atoms with Crippen LogP contribution in [0.5, 0.6) is 0 Å². The predicted octanol–water partition coefficient (Wildman–Crippen LogP) is 3.15. The first-order valence-corrected chi connectivity index (χ1v) is 6.34. The molecule has 3 heteroatoms. The van der Waals surface area contributed by atoms with E-state index in [1.165, 1.54) is 5.56 Å². The van der Waals surface area contributed by atoms with Crippen LogP contribution in [0.4, 0.5) is 0 Å². The molecule has 98 valence electrons. The van der Waals surface area contributed by atoms with Gasteiger partial charge in [0.1, 0.15) is 0 Å². The van der Waals surface area contributed by atoms with Gasteiger partial charge in [-0.25, -0.2) is 0 Å². The highest BCUT2D eigenvalue weighted by molar-refractivity contribution is 5.71. The lowest BCUT2D eigenvalue weighted by Crippen LogP contribution is -2.18. The van der Waals surface area contributed by atoms with E-state index in [-0.39, 0.29) is 11.5 Å². The van der Waals surface area contributed by atoms with Crippen molar-refractivity contribution in [1.29, 1.82) is 0 Å². The Bertz CT molecular complexity index is 428. The van der Waals surface area contributed by atoms with Crippen molar-refractivity contribution < 1.29 is 14.6 Å². The second-order valence-electron chi connectivity index (χ2n) is 5.90. The molecule has 0 amide bonds. The van der Waals surface area contributed by atoms with Crippen LogP contribution in [-0.4, -0.2) is 17.7 Å². The summed E-state index contributed by atoms with van der Waals surface area (Å²) in [7, 11) is 0. The minimum atomic E-state index is -0.766. The van der Waals surface area contributed by atoms with Crippen LogP contribution in [0.25, 0.3) is 0 Å². The molecule has 1 aliphatic rings. The molecule has 1 saturated heterocycles. The lowest BCUT2D eigenvalue weighted by molar-refractivity contribution is -0.143. The second-order valence-corrected chi connectivity index (χ2v) is 5.90. The van der Waals surface area contributed by atoms with Crippen LogP contribution in [0.15, 0.2) is 24.3 Å². The molecule has 2 unspecified atom stereocenters. The van der Waals surface area contributed by atoms with Gasteiger partial charge >= 0.3 is 5.97 Å². The molecular weight excluding hydrogens is 228 g/mol. The Hall–Kier alpha value is -1.35. The Balaban J connectivity index is 2.22. The maximum Gasteiger partial charge on any atom is 0.309 e. The van der Waals surface area contributed by atoms with Gasteiger partial charge in [0.2, 0.25) is 0 Å². The molecule has 1 heterocycles. The summed E-state index contributed by atoms with van der Waals surface area (Å²) in [4.78, 5) is 11.1. The molecule has 2 atom stereocenters. The molecule has 3 nitrogen and oxygen atoms in total. The molecule has 1 fully saturated rings. The number of carboxylic acids is 1. The van der Waals surface area contributed by atoms with Gasteiger partial charge in [0.05, 0.1) is 12.0 Å². The molecule has 0 aromatic heterocycles. The summed E-state index contributed by atoms with van der Waals surface area (Å²) in [5, 5.41) is 9.15. The van der Waals surface area contributed by atoms with Crippen LogP contribution >= 0.6 is 0 Å². The summed E-state index contributed by atoms with van der Waals surface area (Å²) in [6.07, 6.45) is 0.303. The largest absolute Gasteiger partial charge is 0.481 e. The standard InChI is InChI=1S/C15H20O3/c1-15(2,3)11-6-4-10(5-7-11)13-12(14(16)17)8-9-18-13/h4-7,12-13H,8-9H2,1-3H3,(H,16,17). The zero-order valence-electron chi connectivity index (χ0n) is 11.1. The van der Waals surface area contributed by atoms with E-state index in [0.29, 0.717) is 13.0 Å². The topological polar surface area (TPSA) is 46.5 Å². The van der Waals surface area contributed by atoms with Crippen LogP contribution < -0.4 is 0 Å². The molecule has 1 aliphatic heterocycles. The quantitative estimate of drug-likeness (QED) is 0.874. The maximum absolute atomic E-state index is 11.1. The predicted molar refractivity (Wildman–Crippen MR) is 69.6 cm³/mol. The average Bonchev–Trinajstić information content (AvgIpc) is 2.77.